The van der Waals surface area contributed by atoms with Crippen LogP contribution in [0.1, 0.15) is 11.3 Å². The Hall–Kier alpha value is -3.43. The molecular weight excluding hydrogens is 441 g/mol. The lowest BCUT2D eigenvalue weighted by atomic mass is 10.1. The Morgan fingerprint density at radius 2 is 1.79 bits per heavy atom. The molecule has 5 rings (SSSR count). The van der Waals surface area contributed by atoms with E-state index in [9.17, 15) is 14.0 Å². The van der Waals surface area contributed by atoms with Gasteiger partial charge in [-0.25, -0.2) is 9.37 Å². The van der Waals surface area contributed by atoms with Crippen molar-refractivity contribution >= 4 is 22.2 Å². The number of nitrogens with zero attached hydrogens (tertiary/aromatic N) is 5. The first-order valence-electron chi connectivity index (χ1n) is 10.7. The highest BCUT2D eigenvalue weighted by molar-refractivity contribution is 7.19. The number of benzene rings is 2. The van der Waals surface area contributed by atoms with Crippen molar-refractivity contribution in [1.82, 2.24) is 24.4 Å². The van der Waals surface area contributed by atoms with Crippen LogP contribution in [0.2, 0.25) is 0 Å². The van der Waals surface area contributed by atoms with Gasteiger partial charge in [0.15, 0.2) is 0 Å². The third-order valence-electron chi connectivity index (χ3n) is 5.68. The molecule has 1 aliphatic rings. The van der Waals surface area contributed by atoms with E-state index >= 15 is 0 Å². The highest BCUT2D eigenvalue weighted by atomic mass is 32.1. The average Bonchev–Trinajstić information content (AvgIpc) is 3.25. The molecule has 1 saturated heterocycles. The summed E-state index contributed by atoms with van der Waals surface area (Å²) in [6.45, 7) is 3.27. The molecule has 0 atom stereocenters. The minimum atomic E-state index is -0.353. The molecule has 0 aliphatic carbocycles. The monoisotopic (exact) mass is 463 g/mol. The molecule has 0 unspecified atom stereocenters. The van der Waals surface area contributed by atoms with Crippen molar-refractivity contribution in [3.63, 3.8) is 0 Å². The maximum atomic E-state index is 13.6. The number of rotatable bonds is 5. The molecule has 0 spiro atoms. The van der Waals surface area contributed by atoms with Gasteiger partial charge in [-0.1, -0.05) is 53.8 Å². The molecule has 2 aromatic heterocycles. The van der Waals surface area contributed by atoms with E-state index in [0.29, 0.717) is 47.3 Å². The zero-order valence-corrected chi connectivity index (χ0v) is 18.7. The SMILES string of the molecule is O=C(Cc1ccccc1)N1CCN(Cc2cc(=O)n3nc(-c4cccc(F)c4)sc3n2)CC1. The largest absolute Gasteiger partial charge is 0.340 e. The summed E-state index contributed by atoms with van der Waals surface area (Å²) in [5, 5.41) is 4.85. The van der Waals surface area contributed by atoms with Gasteiger partial charge in [-0.3, -0.25) is 14.5 Å². The number of hydrogen-bond acceptors (Lipinski definition) is 6. The highest BCUT2D eigenvalue weighted by Crippen LogP contribution is 2.25. The minimum absolute atomic E-state index is 0.133. The van der Waals surface area contributed by atoms with Crippen molar-refractivity contribution in [3.8, 4) is 10.6 Å². The molecule has 9 heteroatoms. The van der Waals surface area contributed by atoms with E-state index in [2.05, 4.69) is 15.0 Å². The summed E-state index contributed by atoms with van der Waals surface area (Å²) < 4.78 is 14.8. The summed E-state index contributed by atoms with van der Waals surface area (Å²) in [6, 6.07) is 17.4. The molecule has 2 aromatic carbocycles. The Morgan fingerprint density at radius 3 is 2.55 bits per heavy atom. The second-order valence-electron chi connectivity index (χ2n) is 8.02. The first-order valence-corrected chi connectivity index (χ1v) is 11.6. The number of hydrogen-bond donors (Lipinski definition) is 0. The van der Waals surface area contributed by atoms with Crippen LogP contribution in [0.5, 0.6) is 0 Å². The van der Waals surface area contributed by atoms with Crippen LogP contribution in [0.4, 0.5) is 4.39 Å². The summed E-state index contributed by atoms with van der Waals surface area (Å²) in [4.78, 5) is 34.4. The Labute approximate surface area is 193 Å². The lowest BCUT2D eigenvalue weighted by Crippen LogP contribution is -2.48. The number of piperazine rings is 1. The Bertz CT molecular complexity index is 1350. The van der Waals surface area contributed by atoms with Gasteiger partial charge in [0.2, 0.25) is 10.9 Å². The molecule has 4 aromatic rings. The van der Waals surface area contributed by atoms with Crippen LogP contribution in [0.3, 0.4) is 0 Å². The van der Waals surface area contributed by atoms with Crippen molar-refractivity contribution in [1.29, 1.82) is 0 Å². The van der Waals surface area contributed by atoms with Crippen LogP contribution in [-0.2, 0) is 17.8 Å². The predicted octanol–water partition coefficient (Wildman–Crippen LogP) is 2.84. The van der Waals surface area contributed by atoms with E-state index in [1.165, 1.54) is 34.1 Å². The van der Waals surface area contributed by atoms with Crippen LogP contribution in [0.15, 0.2) is 65.5 Å². The summed E-state index contributed by atoms with van der Waals surface area (Å²) in [7, 11) is 0. The van der Waals surface area contributed by atoms with Gasteiger partial charge < -0.3 is 4.90 Å². The number of aromatic nitrogens is 3. The van der Waals surface area contributed by atoms with E-state index in [1.807, 2.05) is 35.2 Å². The fourth-order valence-electron chi connectivity index (χ4n) is 3.94. The molecule has 1 aliphatic heterocycles. The Kier molecular flexibility index (Phi) is 5.97. The fraction of sp³-hybridized carbons (Fsp3) is 0.250. The summed E-state index contributed by atoms with van der Waals surface area (Å²) in [6.07, 6.45) is 0.412. The Balaban J connectivity index is 1.24. The fourth-order valence-corrected chi connectivity index (χ4v) is 4.86. The van der Waals surface area contributed by atoms with Crippen molar-refractivity contribution in [2.45, 2.75) is 13.0 Å². The number of carbonyl (C=O) groups excluding carboxylic acids is 1. The molecule has 0 radical (unpaired) electrons. The van der Waals surface area contributed by atoms with E-state index < -0.39 is 0 Å². The van der Waals surface area contributed by atoms with Gasteiger partial charge in [0.25, 0.3) is 5.56 Å². The second kappa shape index (κ2) is 9.21. The lowest BCUT2D eigenvalue weighted by Gasteiger charge is -2.34. The Morgan fingerprint density at radius 1 is 1.00 bits per heavy atom. The van der Waals surface area contributed by atoms with Gasteiger partial charge in [0.1, 0.15) is 10.8 Å². The number of fused-ring (bicyclic) bond motifs is 1. The third kappa shape index (κ3) is 4.84. The zero-order valence-electron chi connectivity index (χ0n) is 17.9. The van der Waals surface area contributed by atoms with E-state index in [1.54, 1.807) is 12.1 Å². The van der Waals surface area contributed by atoms with E-state index in [-0.39, 0.29) is 17.3 Å². The molecular formula is C24H22FN5O2S. The maximum absolute atomic E-state index is 13.6. The average molecular weight is 464 g/mol. The molecule has 168 valence electrons. The van der Waals surface area contributed by atoms with Crippen molar-refractivity contribution in [2.75, 3.05) is 26.2 Å². The summed E-state index contributed by atoms with van der Waals surface area (Å²) >= 11 is 1.26. The normalized spacial score (nSPS) is 14.6. The number of amides is 1. The van der Waals surface area contributed by atoms with Crippen molar-refractivity contribution < 1.29 is 9.18 Å². The minimum Gasteiger partial charge on any atom is -0.340 e. The molecule has 33 heavy (non-hydrogen) atoms. The number of halogens is 1. The van der Waals surface area contributed by atoms with Crippen molar-refractivity contribution in [3.05, 3.63) is 88.1 Å². The summed E-state index contributed by atoms with van der Waals surface area (Å²) in [5.41, 5.74) is 2.04. The number of carbonyl (C=O) groups is 1. The maximum Gasteiger partial charge on any atom is 0.275 e. The van der Waals surface area contributed by atoms with Crippen LogP contribution < -0.4 is 5.56 Å². The molecule has 0 saturated carbocycles. The van der Waals surface area contributed by atoms with Crippen LogP contribution in [-0.4, -0.2) is 56.5 Å². The van der Waals surface area contributed by atoms with E-state index in [0.717, 1.165) is 18.7 Å². The van der Waals surface area contributed by atoms with Gasteiger partial charge in [0, 0.05) is 44.4 Å². The molecule has 1 fully saturated rings. The summed E-state index contributed by atoms with van der Waals surface area (Å²) in [5.74, 6) is -0.220. The first-order chi connectivity index (χ1) is 16.0. The quantitative estimate of drug-likeness (QED) is 0.455. The van der Waals surface area contributed by atoms with Gasteiger partial charge in [-0.05, 0) is 17.7 Å². The van der Waals surface area contributed by atoms with Crippen LogP contribution in [0, 0.1) is 5.82 Å². The first kappa shape index (κ1) is 21.4. The topological polar surface area (TPSA) is 70.8 Å². The van der Waals surface area contributed by atoms with Gasteiger partial charge >= 0.3 is 0 Å². The standard InChI is InChI=1S/C24H22FN5O2S/c25-19-8-4-7-18(14-19)23-27-30-22(32)15-20(26-24(30)33-23)16-28-9-11-29(12-10-28)21(31)13-17-5-2-1-3-6-17/h1-8,14-15H,9-13,16H2. The molecule has 1 amide bonds. The highest BCUT2D eigenvalue weighted by Gasteiger charge is 2.22. The van der Waals surface area contributed by atoms with Crippen LogP contribution >= 0.6 is 11.3 Å². The second-order valence-corrected chi connectivity index (χ2v) is 8.97. The van der Waals surface area contributed by atoms with Gasteiger partial charge in [-0.15, -0.1) is 0 Å². The van der Waals surface area contributed by atoms with Gasteiger partial charge in [-0.2, -0.15) is 9.61 Å². The zero-order chi connectivity index (χ0) is 22.8. The predicted molar refractivity (Wildman–Crippen MR) is 125 cm³/mol. The van der Waals surface area contributed by atoms with Crippen molar-refractivity contribution in [2.24, 2.45) is 0 Å². The lowest BCUT2D eigenvalue weighted by molar-refractivity contribution is -0.132. The molecule has 0 bridgehead atoms. The van der Waals surface area contributed by atoms with Crippen LogP contribution in [0.25, 0.3) is 15.5 Å². The van der Waals surface area contributed by atoms with E-state index in [4.69, 9.17) is 0 Å². The third-order valence-corrected chi connectivity index (χ3v) is 6.64. The van der Waals surface area contributed by atoms with Gasteiger partial charge in [0.05, 0.1) is 12.1 Å². The molecule has 0 N–H and O–H groups in total. The smallest absolute Gasteiger partial charge is 0.275 e. The molecule has 3 heterocycles. The molecule has 7 nitrogen and oxygen atoms in total.